The molecule has 7 rings (SSSR count). The van der Waals surface area contributed by atoms with Crippen molar-refractivity contribution in [2.45, 2.75) is 0 Å². The van der Waals surface area contributed by atoms with Gasteiger partial charge in [0.1, 0.15) is 16.7 Å². The van der Waals surface area contributed by atoms with Crippen molar-refractivity contribution in [1.82, 2.24) is 0 Å². The Kier molecular flexibility index (Phi) is 3.84. The number of furan rings is 3. The molecule has 3 heteroatoms. The SMILES string of the molecule is c1cc(-c2ccc3occc3c2)c(-c2ccc3occc3c2)c(-c2ccc3occc3c2)c1. The van der Waals surface area contributed by atoms with Gasteiger partial charge in [-0.05, 0) is 88.0 Å². The van der Waals surface area contributed by atoms with E-state index < -0.39 is 0 Å². The van der Waals surface area contributed by atoms with Crippen molar-refractivity contribution in [2.24, 2.45) is 0 Å². The van der Waals surface area contributed by atoms with Crippen LogP contribution in [-0.4, -0.2) is 0 Å². The third-order valence-corrected chi connectivity index (χ3v) is 6.33. The predicted octanol–water partition coefficient (Wildman–Crippen LogP) is 8.93. The van der Waals surface area contributed by atoms with Gasteiger partial charge in [0.05, 0.1) is 18.8 Å². The molecule has 0 aliphatic carbocycles. The normalized spacial score (nSPS) is 11.6. The Hall–Kier alpha value is -4.50. The molecular formula is C30H18O3. The van der Waals surface area contributed by atoms with Gasteiger partial charge in [-0.1, -0.05) is 36.4 Å². The molecule has 156 valence electrons. The second-order valence-electron chi connectivity index (χ2n) is 8.25. The highest BCUT2D eigenvalue weighted by Crippen LogP contribution is 2.42. The summed E-state index contributed by atoms with van der Waals surface area (Å²) in [7, 11) is 0. The molecule has 0 spiro atoms. The summed E-state index contributed by atoms with van der Waals surface area (Å²) in [6.07, 6.45) is 5.21. The van der Waals surface area contributed by atoms with Crippen LogP contribution in [0.5, 0.6) is 0 Å². The Morgan fingerprint density at radius 2 is 0.818 bits per heavy atom. The van der Waals surface area contributed by atoms with Gasteiger partial charge in [0, 0.05) is 16.2 Å². The molecule has 4 aromatic carbocycles. The van der Waals surface area contributed by atoms with E-state index in [2.05, 4.69) is 54.6 Å². The van der Waals surface area contributed by atoms with E-state index in [4.69, 9.17) is 13.3 Å². The van der Waals surface area contributed by atoms with Crippen molar-refractivity contribution in [1.29, 1.82) is 0 Å². The van der Waals surface area contributed by atoms with Gasteiger partial charge in [-0.25, -0.2) is 0 Å². The molecule has 0 radical (unpaired) electrons. The quantitative estimate of drug-likeness (QED) is 0.283. The van der Waals surface area contributed by atoms with Crippen molar-refractivity contribution in [2.75, 3.05) is 0 Å². The molecule has 0 saturated carbocycles. The molecule has 33 heavy (non-hydrogen) atoms. The summed E-state index contributed by atoms with van der Waals surface area (Å²) in [5.74, 6) is 0. The minimum atomic E-state index is 0.886. The Morgan fingerprint density at radius 1 is 0.394 bits per heavy atom. The highest BCUT2D eigenvalue weighted by Gasteiger charge is 2.16. The summed E-state index contributed by atoms with van der Waals surface area (Å²) < 4.78 is 16.7. The molecule has 0 amide bonds. The number of benzene rings is 4. The summed E-state index contributed by atoms with van der Waals surface area (Å²) in [5, 5.41) is 3.27. The number of fused-ring (bicyclic) bond motifs is 3. The zero-order valence-corrected chi connectivity index (χ0v) is 17.6. The minimum Gasteiger partial charge on any atom is -0.464 e. The van der Waals surface area contributed by atoms with Gasteiger partial charge < -0.3 is 13.3 Å². The maximum absolute atomic E-state index is 5.60. The zero-order valence-electron chi connectivity index (χ0n) is 17.6. The molecule has 0 unspecified atom stereocenters. The summed E-state index contributed by atoms with van der Waals surface area (Å²) >= 11 is 0. The molecule has 0 bridgehead atoms. The highest BCUT2D eigenvalue weighted by molar-refractivity contribution is 5.99. The molecule has 0 atom stereocenters. The Morgan fingerprint density at radius 3 is 1.30 bits per heavy atom. The van der Waals surface area contributed by atoms with Crippen LogP contribution in [0, 0.1) is 0 Å². The summed E-state index contributed by atoms with van der Waals surface area (Å²) in [6, 6.07) is 31.6. The van der Waals surface area contributed by atoms with Gasteiger partial charge in [0.2, 0.25) is 0 Å². The van der Waals surface area contributed by atoms with Crippen LogP contribution in [-0.2, 0) is 0 Å². The van der Waals surface area contributed by atoms with Crippen LogP contribution in [0.2, 0.25) is 0 Å². The molecule has 3 nitrogen and oxygen atoms in total. The van der Waals surface area contributed by atoms with Crippen LogP contribution in [0.3, 0.4) is 0 Å². The summed E-state index contributed by atoms with van der Waals surface area (Å²) in [6.45, 7) is 0. The number of rotatable bonds is 3. The standard InChI is InChI=1S/C30H18O3/c1-2-25(19-4-7-27-21(16-19)10-13-31-27)30(24-6-9-29-23(18-24)12-15-33-29)26(3-1)20-5-8-28-22(17-20)11-14-32-28/h1-18H. The number of hydrogen-bond acceptors (Lipinski definition) is 3. The van der Waals surface area contributed by atoms with Gasteiger partial charge in [-0.15, -0.1) is 0 Å². The predicted molar refractivity (Wildman–Crippen MR) is 132 cm³/mol. The van der Waals surface area contributed by atoms with Crippen molar-refractivity contribution >= 4 is 32.9 Å². The Bertz CT molecular complexity index is 1680. The van der Waals surface area contributed by atoms with Gasteiger partial charge >= 0.3 is 0 Å². The van der Waals surface area contributed by atoms with E-state index >= 15 is 0 Å². The smallest absolute Gasteiger partial charge is 0.133 e. The fourth-order valence-corrected chi connectivity index (χ4v) is 4.73. The number of hydrogen-bond donors (Lipinski definition) is 0. The van der Waals surface area contributed by atoms with Crippen LogP contribution in [0.15, 0.2) is 123 Å². The molecule has 0 aliphatic rings. The van der Waals surface area contributed by atoms with E-state index in [0.717, 1.165) is 49.6 Å². The first-order valence-electron chi connectivity index (χ1n) is 10.9. The van der Waals surface area contributed by atoms with E-state index in [1.165, 1.54) is 16.7 Å². The van der Waals surface area contributed by atoms with E-state index in [-0.39, 0.29) is 0 Å². The average molecular weight is 426 g/mol. The fraction of sp³-hybridized carbons (Fsp3) is 0. The van der Waals surface area contributed by atoms with Crippen LogP contribution in [0.1, 0.15) is 0 Å². The van der Waals surface area contributed by atoms with Crippen molar-refractivity contribution < 1.29 is 13.3 Å². The third-order valence-electron chi connectivity index (χ3n) is 6.33. The molecule has 0 fully saturated rings. The van der Waals surface area contributed by atoms with Gasteiger partial charge in [-0.3, -0.25) is 0 Å². The van der Waals surface area contributed by atoms with Crippen LogP contribution < -0.4 is 0 Å². The van der Waals surface area contributed by atoms with Gasteiger partial charge in [0.25, 0.3) is 0 Å². The lowest BCUT2D eigenvalue weighted by Gasteiger charge is -2.16. The molecule has 3 aromatic heterocycles. The van der Waals surface area contributed by atoms with Crippen molar-refractivity contribution in [3.63, 3.8) is 0 Å². The van der Waals surface area contributed by atoms with Gasteiger partial charge in [0.15, 0.2) is 0 Å². The lowest BCUT2D eigenvalue weighted by atomic mass is 9.87. The van der Waals surface area contributed by atoms with E-state index in [9.17, 15) is 0 Å². The average Bonchev–Trinajstić information content (AvgIpc) is 3.62. The molecule has 3 heterocycles. The van der Waals surface area contributed by atoms with Crippen LogP contribution in [0.4, 0.5) is 0 Å². The monoisotopic (exact) mass is 426 g/mol. The largest absolute Gasteiger partial charge is 0.464 e. The lowest BCUT2D eigenvalue weighted by molar-refractivity contribution is 0.615. The topological polar surface area (TPSA) is 39.4 Å². The fourth-order valence-electron chi connectivity index (χ4n) is 4.73. The second kappa shape index (κ2) is 7.01. The molecule has 0 N–H and O–H groups in total. The summed E-state index contributed by atoms with van der Waals surface area (Å²) in [4.78, 5) is 0. The minimum absolute atomic E-state index is 0.886. The van der Waals surface area contributed by atoms with Crippen LogP contribution >= 0.6 is 0 Å². The van der Waals surface area contributed by atoms with Crippen LogP contribution in [0.25, 0.3) is 66.3 Å². The third kappa shape index (κ3) is 2.90. The van der Waals surface area contributed by atoms with E-state index in [1.54, 1.807) is 18.8 Å². The van der Waals surface area contributed by atoms with Crippen molar-refractivity contribution in [3.05, 3.63) is 110 Å². The van der Waals surface area contributed by atoms with Crippen molar-refractivity contribution in [3.8, 4) is 33.4 Å². The maximum atomic E-state index is 5.60. The molecule has 0 aliphatic heterocycles. The maximum Gasteiger partial charge on any atom is 0.133 e. The first-order valence-corrected chi connectivity index (χ1v) is 10.9. The van der Waals surface area contributed by atoms with Gasteiger partial charge in [-0.2, -0.15) is 0 Å². The zero-order chi connectivity index (χ0) is 21.8. The highest BCUT2D eigenvalue weighted by atomic mass is 16.3. The summed E-state index contributed by atoms with van der Waals surface area (Å²) in [5.41, 5.74) is 9.65. The Labute approximate surface area is 189 Å². The Balaban J connectivity index is 1.53. The van der Waals surface area contributed by atoms with E-state index in [1.807, 2.05) is 36.4 Å². The lowest BCUT2D eigenvalue weighted by Crippen LogP contribution is -1.90. The molecule has 7 aromatic rings. The molecule has 0 saturated heterocycles. The second-order valence-corrected chi connectivity index (χ2v) is 8.25. The first kappa shape index (κ1) is 18.1. The first-order chi connectivity index (χ1) is 16.3. The van der Waals surface area contributed by atoms with E-state index in [0.29, 0.717) is 0 Å². The molecular weight excluding hydrogens is 408 g/mol.